The SMILES string of the molecule is CC1CN=C(c2ccc(C#N)cc2)N1. The average Bonchev–Trinajstić information content (AvgIpc) is 2.65. The lowest BCUT2D eigenvalue weighted by molar-refractivity contribution is 0.726. The second-order valence-corrected chi connectivity index (χ2v) is 3.42. The molecule has 1 aromatic carbocycles. The fourth-order valence-corrected chi connectivity index (χ4v) is 1.43. The quantitative estimate of drug-likeness (QED) is 0.716. The van der Waals surface area contributed by atoms with Crippen LogP contribution in [0.1, 0.15) is 18.1 Å². The van der Waals surface area contributed by atoms with Gasteiger partial charge in [0, 0.05) is 11.6 Å². The highest BCUT2D eigenvalue weighted by Crippen LogP contribution is 2.07. The van der Waals surface area contributed by atoms with Crippen molar-refractivity contribution in [3.05, 3.63) is 35.4 Å². The molecule has 1 aliphatic heterocycles. The topological polar surface area (TPSA) is 48.2 Å². The van der Waals surface area contributed by atoms with Crippen LogP contribution in [0.3, 0.4) is 0 Å². The number of nitrogens with zero attached hydrogens (tertiary/aromatic N) is 2. The summed E-state index contributed by atoms with van der Waals surface area (Å²) in [5, 5.41) is 11.9. The van der Waals surface area contributed by atoms with Gasteiger partial charge in [-0.2, -0.15) is 5.26 Å². The van der Waals surface area contributed by atoms with Crippen LogP contribution in [0.4, 0.5) is 0 Å². The molecule has 0 amide bonds. The first-order valence-corrected chi connectivity index (χ1v) is 4.61. The molecule has 0 spiro atoms. The summed E-state index contributed by atoms with van der Waals surface area (Å²) in [6, 6.07) is 9.96. The molecular formula is C11H11N3. The van der Waals surface area contributed by atoms with Gasteiger partial charge in [-0.05, 0) is 31.2 Å². The first kappa shape index (κ1) is 8.76. The smallest absolute Gasteiger partial charge is 0.128 e. The molecular weight excluding hydrogens is 174 g/mol. The largest absolute Gasteiger partial charge is 0.366 e. The Kier molecular flexibility index (Phi) is 2.19. The Labute approximate surface area is 83.1 Å². The Hall–Kier alpha value is -1.82. The molecule has 0 fully saturated rings. The molecule has 0 bridgehead atoms. The molecule has 0 aromatic heterocycles. The zero-order valence-electron chi connectivity index (χ0n) is 7.99. The lowest BCUT2D eigenvalue weighted by atomic mass is 10.1. The molecule has 1 unspecified atom stereocenters. The number of hydrogen-bond acceptors (Lipinski definition) is 3. The third-order valence-electron chi connectivity index (χ3n) is 2.19. The summed E-state index contributed by atoms with van der Waals surface area (Å²) < 4.78 is 0. The second kappa shape index (κ2) is 3.51. The Morgan fingerprint density at radius 2 is 2.14 bits per heavy atom. The number of amidine groups is 1. The second-order valence-electron chi connectivity index (χ2n) is 3.42. The number of rotatable bonds is 1. The van der Waals surface area contributed by atoms with Crippen molar-refractivity contribution in [1.82, 2.24) is 5.32 Å². The summed E-state index contributed by atoms with van der Waals surface area (Å²) in [7, 11) is 0. The number of benzene rings is 1. The van der Waals surface area contributed by atoms with Crippen LogP contribution in [0, 0.1) is 11.3 Å². The van der Waals surface area contributed by atoms with E-state index in [1.165, 1.54) is 0 Å². The maximum absolute atomic E-state index is 8.64. The fourth-order valence-electron chi connectivity index (χ4n) is 1.43. The van der Waals surface area contributed by atoms with Crippen LogP contribution >= 0.6 is 0 Å². The normalized spacial score (nSPS) is 19.7. The lowest BCUT2D eigenvalue weighted by Crippen LogP contribution is -2.27. The molecule has 0 aliphatic carbocycles. The molecule has 3 heteroatoms. The maximum Gasteiger partial charge on any atom is 0.128 e. The molecule has 3 nitrogen and oxygen atoms in total. The minimum atomic E-state index is 0.417. The van der Waals surface area contributed by atoms with E-state index in [4.69, 9.17) is 5.26 Å². The Morgan fingerprint density at radius 3 is 2.64 bits per heavy atom. The van der Waals surface area contributed by atoms with Crippen molar-refractivity contribution in [1.29, 1.82) is 5.26 Å². The highest BCUT2D eigenvalue weighted by molar-refractivity contribution is 6.00. The van der Waals surface area contributed by atoms with Crippen molar-refractivity contribution >= 4 is 5.84 Å². The van der Waals surface area contributed by atoms with Crippen LogP contribution in [-0.2, 0) is 0 Å². The fraction of sp³-hybridized carbons (Fsp3) is 0.273. The van der Waals surface area contributed by atoms with E-state index < -0.39 is 0 Å². The predicted octanol–water partition coefficient (Wildman–Crippen LogP) is 1.30. The van der Waals surface area contributed by atoms with E-state index in [-0.39, 0.29) is 0 Å². The molecule has 0 saturated carbocycles. The van der Waals surface area contributed by atoms with Gasteiger partial charge < -0.3 is 5.32 Å². The van der Waals surface area contributed by atoms with Crippen LogP contribution in [0.15, 0.2) is 29.3 Å². The van der Waals surface area contributed by atoms with Gasteiger partial charge in [0.2, 0.25) is 0 Å². The summed E-state index contributed by atoms with van der Waals surface area (Å²) in [6.07, 6.45) is 0. The van der Waals surface area contributed by atoms with Gasteiger partial charge in [0.1, 0.15) is 5.84 Å². The van der Waals surface area contributed by atoms with Crippen molar-refractivity contribution in [2.75, 3.05) is 6.54 Å². The van der Waals surface area contributed by atoms with Gasteiger partial charge in [-0.3, -0.25) is 4.99 Å². The van der Waals surface area contributed by atoms with E-state index in [1.54, 1.807) is 0 Å². The summed E-state index contributed by atoms with van der Waals surface area (Å²) in [6.45, 7) is 2.93. The standard InChI is InChI=1S/C11H11N3/c1-8-7-13-11(14-8)10-4-2-9(6-12)3-5-10/h2-5,8H,7H2,1H3,(H,13,14). The van der Waals surface area contributed by atoms with E-state index in [0.717, 1.165) is 17.9 Å². The van der Waals surface area contributed by atoms with Crippen molar-refractivity contribution in [3.63, 3.8) is 0 Å². The zero-order chi connectivity index (χ0) is 9.97. The highest BCUT2D eigenvalue weighted by Gasteiger charge is 2.13. The molecule has 1 aromatic rings. The molecule has 1 atom stereocenters. The van der Waals surface area contributed by atoms with Crippen LogP contribution < -0.4 is 5.32 Å². The number of nitriles is 1. The summed E-state index contributed by atoms with van der Waals surface area (Å²) >= 11 is 0. The van der Waals surface area contributed by atoms with Crippen LogP contribution in [0.5, 0.6) is 0 Å². The van der Waals surface area contributed by atoms with E-state index in [9.17, 15) is 0 Å². The van der Waals surface area contributed by atoms with Gasteiger partial charge in [-0.15, -0.1) is 0 Å². The van der Waals surface area contributed by atoms with Gasteiger partial charge >= 0.3 is 0 Å². The average molecular weight is 185 g/mol. The Balaban J connectivity index is 2.23. The minimum absolute atomic E-state index is 0.417. The van der Waals surface area contributed by atoms with Crippen LogP contribution in [-0.4, -0.2) is 18.4 Å². The molecule has 1 aliphatic rings. The first-order valence-electron chi connectivity index (χ1n) is 4.61. The number of hydrogen-bond donors (Lipinski definition) is 1. The molecule has 2 rings (SSSR count). The summed E-state index contributed by atoms with van der Waals surface area (Å²) in [5.74, 6) is 0.932. The van der Waals surface area contributed by atoms with E-state index in [1.807, 2.05) is 24.3 Å². The maximum atomic E-state index is 8.64. The third-order valence-corrected chi connectivity index (χ3v) is 2.19. The number of nitrogens with one attached hydrogen (secondary N) is 1. The predicted molar refractivity (Wildman–Crippen MR) is 55.2 cm³/mol. The van der Waals surface area contributed by atoms with E-state index in [0.29, 0.717) is 11.6 Å². The van der Waals surface area contributed by atoms with Crippen molar-refractivity contribution in [3.8, 4) is 6.07 Å². The van der Waals surface area contributed by atoms with Crippen LogP contribution in [0.2, 0.25) is 0 Å². The van der Waals surface area contributed by atoms with Crippen molar-refractivity contribution < 1.29 is 0 Å². The van der Waals surface area contributed by atoms with Crippen LogP contribution in [0.25, 0.3) is 0 Å². The summed E-state index contributed by atoms with van der Waals surface area (Å²) in [5.41, 5.74) is 1.73. The van der Waals surface area contributed by atoms with Gasteiger partial charge in [0.25, 0.3) is 0 Å². The number of aliphatic imine (C=N–C) groups is 1. The van der Waals surface area contributed by atoms with E-state index in [2.05, 4.69) is 23.3 Å². The highest BCUT2D eigenvalue weighted by atomic mass is 15.1. The monoisotopic (exact) mass is 185 g/mol. The van der Waals surface area contributed by atoms with Gasteiger partial charge in [0.15, 0.2) is 0 Å². The van der Waals surface area contributed by atoms with Crippen molar-refractivity contribution in [2.24, 2.45) is 4.99 Å². The lowest BCUT2D eigenvalue weighted by Gasteiger charge is -2.05. The molecule has 0 saturated heterocycles. The molecule has 1 N–H and O–H groups in total. The molecule has 0 radical (unpaired) electrons. The first-order chi connectivity index (χ1) is 6.79. The van der Waals surface area contributed by atoms with Gasteiger partial charge in [-0.25, -0.2) is 0 Å². The molecule has 1 heterocycles. The Morgan fingerprint density at radius 1 is 1.43 bits per heavy atom. The van der Waals surface area contributed by atoms with Gasteiger partial charge in [-0.1, -0.05) is 0 Å². The van der Waals surface area contributed by atoms with Crippen molar-refractivity contribution in [2.45, 2.75) is 13.0 Å². The molecule has 70 valence electrons. The third kappa shape index (κ3) is 1.60. The Bertz CT molecular complexity index is 398. The van der Waals surface area contributed by atoms with E-state index >= 15 is 0 Å². The summed E-state index contributed by atoms with van der Waals surface area (Å²) in [4.78, 5) is 4.37. The molecule has 14 heavy (non-hydrogen) atoms. The minimum Gasteiger partial charge on any atom is -0.366 e. The van der Waals surface area contributed by atoms with Gasteiger partial charge in [0.05, 0.1) is 18.2 Å². The zero-order valence-corrected chi connectivity index (χ0v) is 7.99.